The van der Waals surface area contributed by atoms with Gasteiger partial charge in [0.2, 0.25) is 5.91 Å². The predicted octanol–water partition coefficient (Wildman–Crippen LogP) is 3.50. The van der Waals surface area contributed by atoms with Crippen LogP contribution in [0.4, 0.5) is 4.39 Å². The number of rotatable bonds is 4. The minimum atomic E-state index is -0.206. The van der Waals surface area contributed by atoms with Gasteiger partial charge >= 0.3 is 0 Å². The topological polar surface area (TPSA) is 40.5 Å². The normalized spacial score (nSPS) is 40.5. The van der Waals surface area contributed by atoms with Crippen LogP contribution in [0.25, 0.3) is 0 Å². The van der Waals surface area contributed by atoms with Crippen LogP contribution in [0.5, 0.6) is 0 Å². The van der Waals surface area contributed by atoms with Crippen molar-refractivity contribution in [3.63, 3.8) is 0 Å². The van der Waals surface area contributed by atoms with E-state index in [2.05, 4.69) is 0 Å². The van der Waals surface area contributed by atoms with E-state index in [1.807, 2.05) is 17.0 Å². The number of amides is 1. The van der Waals surface area contributed by atoms with E-state index >= 15 is 0 Å². The number of hydrogen-bond acceptors (Lipinski definition) is 2. The summed E-state index contributed by atoms with van der Waals surface area (Å²) in [7, 11) is 0. The Bertz CT molecular complexity index is 671. The molecule has 1 amide bonds. The molecule has 1 N–H and O–H groups in total. The highest BCUT2D eigenvalue weighted by molar-refractivity contribution is 5.79. The maximum Gasteiger partial charge on any atom is 0.223 e. The van der Waals surface area contributed by atoms with Crippen LogP contribution in [0, 0.1) is 29.5 Å². The lowest BCUT2D eigenvalue weighted by Crippen LogP contribution is -2.60. The summed E-state index contributed by atoms with van der Waals surface area (Å²) in [4.78, 5) is 15.0. The number of halogens is 1. The van der Waals surface area contributed by atoms with Crippen molar-refractivity contribution >= 4 is 5.91 Å². The number of aliphatic hydroxyl groups is 1. The van der Waals surface area contributed by atoms with Gasteiger partial charge in [-0.15, -0.1) is 0 Å². The highest BCUT2D eigenvalue weighted by Gasteiger charge is 2.58. The van der Waals surface area contributed by atoms with Crippen LogP contribution in [-0.2, 0) is 10.2 Å². The molecule has 3 nitrogen and oxygen atoms in total. The van der Waals surface area contributed by atoms with Crippen molar-refractivity contribution in [2.24, 2.45) is 23.7 Å². The second-order valence-electron chi connectivity index (χ2n) is 9.24. The number of benzene rings is 1. The van der Waals surface area contributed by atoms with Gasteiger partial charge in [-0.2, -0.15) is 0 Å². The zero-order valence-electron chi connectivity index (χ0n) is 15.2. The lowest BCUT2D eigenvalue weighted by molar-refractivity contribution is -0.147. The minimum absolute atomic E-state index is 0.00426. The van der Waals surface area contributed by atoms with Crippen molar-refractivity contribution in [3.8, 4) is 0 Å². The summed E-state index contributed by atoms with van der Waals surface area (Å²) in [5, 5.41) is 9.49. The smallest absolute Gasteiger partial charge is 0.223 e. The summed E-state index contributed by atoms with van der Waals surface area (Å²) in [5.41, 5.74) is 1.04. The fourth-order valence-corrected chi connectivity index (χ4v) is 6.96. The molecule has 5 fully saturated rings. The SMILES string of the molecule is O=C(CC1(c2ccc(F)cc2)C2CC3CC(C2)CC1C3)N1CC[C@H]1CO. The molecule has 5 aliphatic rings. The second-order valence-corrected chi connectivity index (χ2v) is 9.24. The van der Waals surface area contributed by atoms with Gasteiger partial charge in [-0.1, -0.05) is 12.1 Å². The van der Waals surface area contributed by atoms with E-state index in [1.165, 1.54) is 37.7 Å². The fourth-order valence-electron chi connectivity index (χ4n) is 6.96. The Hall–Kier alpha value is -1.42. The molecule has 0 spiro atoms. The van der Waals surface area contributed by atoms with Crippen molar-refractivity contribution < 1.29 is 14.3 Å². The quantitative estimate of drug-likeness (QED) is 0.896. The summed E-state index contributed by atoms with van der Waals surface area (Å²) < 4.78 is 13.6. The molecule has 6 rings (SSSR count). The molecule has 0 aromatic heterocycles. The van der Waals surface area contributed by atoms with Gasteiger partial charge in [0.1, 0.15) is 5.82 Å². The van der Waals surface area contributed by atoms with Gasteiger partial charge < -0.3 is 10.0 Å². The van der Waals surface area contributed by atoms with Crippen molar-refractivity contribution in [3.05, 3.63) is 35.6 Å². The van der Waals surface area contributed by atoms with E-state index < -0.39 is 0 Å². The lowest BCUT2D eigenvalue weighted by Gasteiger charge is -2.62. The molecule has 26 heavy (non-hydrogen) atoms. The third kappa shape index (κ3) is 2.37. The summed E-state index contributed by atoms with van der Waals surface area (Å²) in [6.45, 7) is 0.830. The molecule has 4 bridgehead atoms. The standard InChI is InChI=1S/C22H28FNO2/c23-19-3-1-16(2-4-19)22(12-21(26)24-6-5-20(24)13-25)17-8-14-7-15(10-17)11-18(22)9-14/h1-4,14-15,17-18,20,25H,5-13H2/t14?,15?,17?,18?,20-,22?/m0/s1. The highest BCUT2D eigenvalue weighted by atomic mass is 19.1. The zero-order valence-corrected chi connectivity index (χ0v) is 15.2. The molecule has 4 saturated carbocycles. The number of aliphatic hydroxyl groups excluding tert-OH is 1. The first-order chi connectivity index (χ1) is 12.6. The van der Waals surface area contributed by atoms with Gasteiger partial charge in [0.25, 0.3) is 0 Å². The maximum atomic E-state index is 13.6. The van der Waals surface area contributed by atoms with Crippen LogP contribution in [0.15, 0.2) is 24.3 Å². The third-order valence-corrected chi connectivity index (χ3v) is 8.10. The van der Waals surface area contributed by atoms with E-state index in [0.717, 1.165) is 24.8 Å². The fraction of sp³-hybridized carbons (Fsp3) is 0.682. The summed E-state index contributed by atoms with van der Waals surface area (Å²) in [5.74, 6) is 2.73. The van der Waals surface area contributed by atoms with Crippen LogP contribution in [-0.4, -0.2) is 35.1 Å². The number of hydrogen-bond donors (Lipinski definition) is 1. The Labute approximate surface area is 154 Å². The van der Waals surface area contributed by atoms with Crippen LogP contribution >= 0.6 is 0 Å². The Morgan fingerprint density at radius 2 is 1.69 bits per heavy atom. The average Bonchev–Trinajstić information content (AvgIpc) is 2.58. The second kappa shape index (κ2) is 6.05. The summed E-state index contributed by atoms with van der Waals surface area (Å²) in [6, 6.07) is 7.00. The zero-order chi connectivity index (χ0) is 17.9. The molecule has 1 heterocycles. The summed E-state index contributed by atoms with van der Waals surface area (Å²) >= 11 is 0. The molecule has 1 atom stereocenters. The van der Waals surface area contributed by atoms with Gasteiger partial charge in [0, 0.05) is 18.4 Å². The average molecular weight is 357 g/mol. The monoisotopic (exact) mass is 357 g/mol. The maximum absolute atomic E-state index is 13.6. The highest BCUT2D eigenvalue weighted by Crippen LogP contribution is 2.64. The molecule has 1 aromatic rings. The van der Waals surface area contributed by atoms with Crippen molar-refractivity contribution in [2.75, 3.05) is 13.2 Å². The molecule has 4 aliphatic carbocycles. The van der Waals surface area contributed by atoms with E-state index in [0.29, 0.717) is 18.3 Å². The third-order valence-electron chi connectivity index (χ3n) is 8.10. The Morgan fingerprint density at radius 3 is 2.19 bits per heavy atom. The van der Waals surface area contributed by atoms with Crippen LogP contribution in [0.3, 0.4) is 0 Å². The van der Waals surface area contributed by atoms with Crippen molar-refractivity contribution in [2.45, 2.75) is 56.4 Å². The molecular weight excluding hydrogens is 329 g/mol. The minimum Gasteiger partial charge on any atom is -0.394 e. The Kier molecular flexibility index (Phi) is 3.89. The molecule has 4 heteroatoms. The molecule has 1 saturated heterocycles. The molecule has 1 aromatic carbocycles. The molecule has 0 unspecified atom stereocenters. The van der Waals surface area contributed by atoms with E-state index in [9.17, 15) is 14.3 Å². The van der Waals surface area contributed by atoms with E-state index in [1.54, 1.807) is 12.1 Å². The number of likely N-dealkylation sites (tertiary alicyclic amines) is 1. The first kappa shape index (κ1) is 16.7. The number of carbonyl (C=O) groups is 1. The molecular formula is C22H28FNO2. The lowest BCUT2D eigenvalue weighted by atomic mass is 9.43. The first-order valence-electron chi connectivity index (χ1n) is 10.3. The van der Waals surface area contributed by atoms with Gasteiger partial charge in [0.15, 0.2) is 0 Å². The number of nitrogens with zero attached hydrogens (tertiary/aromatic N) is 1. The largest absolute Gasteiger partial charge is 0.394 e. The van der Waals surface area contributed by atoms with Gasteiger partial charge in [0.05, 0.1) is 12.6 Å². The number of carbonyl (C=O) groups excluding carboxylic acids is 1. The van der Waals surface area contributed by atoms with E-state index in [-0.39, 0.29) is 29.8 Å². The van der Waals surface area contributed by atoms with Gasteiger partial charge in [-0.3, -0.25) is 4.79 Å². The molecule has 1 aliphatic heterocycles. The van der Waals surface area contributed by atoms with Crippen molar-refractivity contribution in [1.82, 2.24) is 4.90 Å². The van der Waals surface area contributed by atoms with Gasteiger partial charge in [-0.05, 0) is 79.9 Å². The predicted molar refractivity (Wildman–Crippen MR) is 96.9 cm³/mol. The molecule has 0 radical (unpaired) electrons. The van der Waals surface area contributed by atoms with Gasteiger partial charge in [-0.25, -0.2) is 4.39 Å². The van der Waals surface area contributed by atoms with Crippen molar-refractivity contribution in [1.29, 1.82) is 0 Å². The van der Waals surface area contributed by atoms with E-state index in [4.69, 9.17) is 0 Å². The van der Waals surface area contributed by atoms with Crippen LogP contribution in [0.2, 0.25) is 0 Å². The van der Waals surface area contributed by atoms with Crippen LogP contribution in [0.1, 0.15) is 50.5 Å². The van der Waals surface area contributed by atoms with Crippen LogP contribution < -0.4 is 0 Å². The Morgan fingerprint density at radius 1 is 1.08 bits per heavy atom. The Balaban J connectivity index is 1.51. The first-order valence-corrected chi connectivity index (χ1v) is 10.3. The summed E-state index contributed by atoms with van der Waals surface area (Å²) in [6.07, 6.45) is 7.70. The molecule has 140 valence electrons.